The van der Waals surface area contributed by atoms with Crippen molar-refractivity contribution in [2.75, 3.05) is 25.0 Å². The number of nitrogens with zero attached hydrogens (tertiary/aromatic N) is 4. The van der Waals surface area contributed by atoms with Crippen molar-refractivity contribution in [2.24, 2.45) is 0 Å². The van der Waals surface area contributed by atoms with E-state index in [0.29, 0.717) is 26.2 Å². The number of benzene rings is 1. The van der Waals surface area contributed by atoms with Gasteiger partial charge < -0.3 is 15.0 Å². The van der Waals surface area contributed by atoms with Gasteiger partial charge in [0.15, 0.2) is 0 Å². The van der Waals surface area contributed by atoms with Gasteiger partial charge in [-0.25, -0.2) is 9.78 Å². The van der Waals surface area contributed by atoms with Gasteiger partial charge in [-0.2, -0.15) is 5.10 Å². The number of rotatable bonds is 4. The molecule has 0 bridgehead atoms. The second-order valence-electron chi connectivity index (χ2n) is 6.41. The van der Waals surface area contributed by atoms with Crippen LogP contribution in [0.4, 0.5) is 10.5 Å². The Morgan fingerprint density at radius 3 is 3.15 bits per heavy atom. The van der Waals surface area contributed by atoms with Gasteiger partial charge in [-0.3, -0.25) is 4.68 Å². The molecule has 3 heterocycles. The number of hydrogen-bond donors (Lipinski definition) is 1. The molecule has 0 saturated carbocycles. The van der Waals surface area contributed by atoms with Crippen LogP contribution in [0.2, 0.25) is 0 Å². The molecule has 1 aliphatic heterocycles. The van der Waals surface area contributed by atoms with E-state index in [1.165, 1.54) is 0 Å². The van der Waals surface area contributed by atoms with Crippen LogP contribution in [0.3, 0.4) is 0 Å². The summed E-state index contributed by atoms with van der Waals surface area (Å²) in [6.45, 7) is 2.50. The van der Waals surface area contributed by atoms with Crippen molar-refractivity contribution in [3.8, 4) is 11.3 Å². The molecule has 1 saturated heterocycles. The molecule has 2 aromatic heterocycles. The second-order valence-corrected chi connectivity index (χ2v) is 7.12. The highest BCUT2D eigenvalue weighted by Crippen LogP contribution is 2.22. The summed E-state index contributed by atoms with van der Waals surface area (Å²) in [4.78, 5) is 18.9. The Hall–Kier alpha value is -2.71. The van der Waals surface area contributed by atoms with E-state index in [9.17, 15) is 4.79 Å². The normalized spacial score (nSPS) is 17.5. The molecule has 0 spiro atoms. The number of carbonyl (C=O) groups is 1. The molecule has 1 N–H and O–H groups in total. The van der Waals surface area contributed by atoms with Gasteiger partial charge in [-0.1, -0.05) is 12.1 Å². The Labute approximate surface area is 161 Å². The summed E-state index contributed by atoms with van der Waals surface area (Å²) in [5.41, 5.74) is 4.47. The Morgan fingerprint density at radius 2 is 2.33 bits per heavy atom. The van der Waals surface area contributed by atoms with Crippen LogP contribution in [-0.4, -0.2) is 51.5 Å². The van der Waals surface area contributed by atoms with Crippen molar-refractivity contribution in [1.82, 2.24) is 19.7 Å². The number of ether oxygens (including phenoxy) is 1. The summed E-state index contributed by atoms with van der Waals surface area (Å²) in [5, 5.41) is 9.22. The van der Waals surface area contributed by atoms with Crippen LogP contribution in [0.25, 0.3) is 11.3 Å². The lowest BCUT2D eigenvalue weighted by molar-refractivity contribution is 0.0442. The predicted octanol–water partition coefficient (Wildman–Crippen LogP) is 3.33. The topological polar surface area (TPSA) is 72.3 Å². The minimum atomic E-state index is -0.110. The molecule has 27 heavy (non-hydrogen) atoms. The van der Waals surface area contributed by atoms with Gasteiger partial charge in [-0.15, -0.1) is 11.3 Å². The zero-order valence-corrected chi connectivity index (χ0v) is 15.6. The fourth-order valence-electron chi connectivity index (χ4n) is 3.12. The molecule has 2 amide bonds. The third kappa shape index (κ3) is 4.53. The molecule has 140 valence electrons. The molecule has 8 heteroatoms. The van der Waals surface area contributed by atoms with Crippen LogP contribution in [0.1, 0.15) is 6.42 Å². The Bertz CT molecular complexity index is 866. The molecule has 4 rings (SSSR count). The number of thiazole rings is 1. The summed E-state index contributed by atoms with van der Waals surface area (Å²) < 4.78 is 7.72. The van der Waals surface area contributed by atoms with Crippen LogP contribution in [0.5, 0.6) is 0 Å². The first-order valence-corrected chi connectivity index (χ1v) is 9.86. The van der Waals surface area contributed by atoms with Crippen molar-refractivity contribution in [1.29, 1.82) is 0 Å². The molecule has 1 fully saturated rings. The van der Waals surface area contributed by atoms with Gasteiger partial charge in [0.25, 0.3) is 0 Å². The first-order chi connectivity index (χ1) is 13.3. The average molecular weight is 383 g/mol. The first kappa shape index (κ1) is 17.7. The van der Waals surface area contributed by atoms with Crippen molar-refractivity contribution < 1.29 is 9.53 Å². The largest absolute Gasteiger partial charge is 0.374 e. The smallest absolute Gasteiger partial charge is 0.321 e. The first-order valence-electron chi connectivity index (χ1n) is 8.91. The summed E-state index contributed by atoms with van der Waals surface area (Å²) >= 11 is 1.55. The summed E-state index contributed by atoms with van der Waals surface area (Å²) in [6, 6.07) is 9.53. The molecular weight excluding hydrogens is 362 g/mol. The van der Waals surface area contributed by atoms with Crippen molar-refractivity contribution in [2.45, 2.75) is 19.1 Å². The van der Waals surface area contributed by atoms with Gasteiger partial charge in [0.05, 0.1) is 30.4 Å². The molecule has 0 radical (unpaired) electrons. The molecule has 1 aliphatic rings. The Kier molecular flexibility index (Phi) is 5.45. The van der Waals surface area contributed by atoms with E-state index in [2.05, 4.69) is 15.4 Å². The lowest BCUT2D eigenvalue weighted by Crippen LogP contribution is -2.41. The van der Waals surface area contributed by atoms with Gasteiger partial charge in [0.2, 0.25) is 0 Å². The highest BCUT2D eigenvalue weighted by atomic mass is 32.1. The third-order valence-corrected chi connectivity index (χ3v) is 5.02. The predicted molar refractivity (Wildman–Crippen MR) is 105 cm³/mol. The standard InChI is InChI=1S/C19H21N5O2S/c25-19(22-16-5-1-4-15(10-16)18-13-27-14-20-18)23-7-3-9-26-17(11-23)12-24-8-2-6-21-24/h1-2,4-6,8,10,13-14,17H,3,7,9,11-12H2,(H,22,25)/t17-/m0/s1. The number of hydrogen-bond acceptors (Lipinski definition) is 5. The van der Waals surface area contributed by atoms with Crippen molar-refractivity contribution >= 4 is 23.1 Å². The minimum Gasteiger partial charge on any atom is -0.374 e. The fourth-order valence-corrected chi connectivity index (χ4v) is 3.68. The minimum absolute atomic E-state index is 0.0699. The van der Waals surface area contributed by atoms with Crippen LogP contribution in [0.15, 0.2) is 53.6 Å². The van der Waals surface area contributed by atoms with Crippen LogP contribution < -0.4 is 5.32 Å². The molecule has 0 unspecified atom stereocenters. The van der Waals surface area contributed by atoms with E-state index in [-0.39, 0.29) is 12.1 Å². The summed E-state index contributed by atoms with van der Waals surface area (Å²) in [7, 11) is 0. The highest BCUT2D eigenvalue weighted by molar-refractivity contribution is 7.07. The van der Waals surface area contributed by atoms with Crippen LogP contribution in [0, 0.1) is 0 Å². The SMILES string of the molecule is O=C(Nc1cccc(-c2cscn2)c1)N1CCCO[C@H](Cn2cccn2)C1. The Balaban J connectivity index is 1.41. The lowest BCUT2D eigenvalue weighted by atomic mass is 10.1. The lowest BCUT2D eigenvalue weighted by Gasteiger charge is -2.24. The van der Waals surface area contributed by atoms with E-state index in [1.807, 2.05) is 51.5 Å². The average Bonchev–Trinajstić information content (AvgIpc) is 3.34. The monoisotopic (exact) mass is 383 g/mol. The fraction of sp³-hybridized carbons (Fsp3) is 0.316. The maximum atomic E-state index is 12.8. The number of aromatic nitrogens is 3. The van der Waals surface area contributed by atoms with Crippen molar-refractivity contribution in [3.05, 3.63) is 53.6 Å². The third-order valence-electron chi connectivity index (χ3n) is 4.43. The highest BCUT2D eigenvalue weighted by Gasteiger charge is 2.23. The zero-order chi connectivity index (χ0) is 18.5. The van der Waals surface area contributed by atoms with E-state index in [0.717, 1.165) is 23.4 Å². The second kappa shape index (κ2) is 8.32. The van der Waals surface area contributed by atoms with E-state index in [4.69, 9.17) is 4.74 Å². The van der Waals surface area contributed by atoms with Crippen molar-refractivity contribution in [3.63, 3.8) is 0 Å². The Morgan fingerprint density at radius 1 is 1.37 bits per heavy atom. The molecule has 1 aromatic carbocycles. The van der Waals surface area contributed by atoms with E-state index >= 15 is 0 Å². The molecule has 7 nitrogen and oxygen atoms in total. The van der Waals surface area contributed by atoms with Gasteiger partial charge >= 0.3 is 6.03 Å². The number of carbonyl (C=O) groups excluding carboxylic acids is 1. The molecule has 1 atom stereocenters. The zero-order valence-electron chi connectivity index (χ0n) is 14.8. The quantitative estimate of drug-likeness (QED) is 0.750. The van der Waals surface area contributed by atoms with Gasteiger partial charge in [0.1, 0.15) is 0 Å². The summed E-state index contributed by atoms with van der Waals surface area (Å²) in [6.07, 6.45) is 4.40. The molecular formula is C19H21N5O2S. The number of anilines is 1. The number of nitrogens with one attached hydrogen (secondary N) is 1. The van der Waals surface area contributed by atoms with Crippen LogP contribution >= 0.6 is 11.3 Å². The number of amides is 2. The molecule has 0 aliphatic carbocycles. The van der Waals surface area contributed by atoms with Crippen LogP contribution in [-0.2, 0) is 11.3 Å². The maximum absolute atomic E-state index is 12.8. The number of urea groups is 1. The van der Waals surface area contributed by atoms with Gasteiger partial charge in [0, 0.05) is 42.2 Å². The maximum Gasteiger partial charge on any atom is 0.321 e. The van der Waals surface area contributed by atoms with E-state index in [1.54, 1.807) is 23.0 Å². The van der Waals surface area contributed by atoms with Gasteiger partial charge in [-0.05, 0) is 24.6 Å². The molecule has 3 aromatic rings. The van der Waals surface area contributed by atoms with E-state index < -0.39 is 0 Å². The summed E-state index contributed by atoms with van der Waals surface area (Å²) in [5.74, 6) is 0.